The van der Waals surface area contributed by atoms with Gasteiger partial charge in [0.25, 0.3) is 11.8 Å². The SMILES string of the molecule is Cc1cc2c(cc1C(=O)O)NC(=O)/C2=C(/Nc1ccc(C(=O)NCCN(C)CCO)cc1)c1ccccc1. The minimum absolute atomic E-state index is 0.0657. The number of nitrogens with zero attached hydrogens (tertiary/aromatic N) is 1. The van der Waals surface area contributed by atoms with Gasteiger partial charge in [-0.15, -0.1) is 0 Å². The molecule has 3 aromatic rings. The average molecular weight is 515 g/mol. The molecule has 9 heteroatoms. The smallest absolute Gasteiger partial charge is 0.336 e. The molecule has 0 aliphatic carbocycles. The summed E-state index contributed by atoms with van der Waals surface area (Å²) in [7, 11) is 1.87. The predicted octanol–water partition coefficient (Wildman–Crippen LogP) is 3.28. The van der Waals surface area contributed by atoms with Gasteiger partial charge in [-0.2, -0.15) is 0 Å². The number of fused-ring (bicyclic) bond motifs is 1. The largest absolute Gasteiger partial charge is 0.478 e. The molecular weight excluding hydrogens is 484 g/mol. The molecule has 196 valence electrons. The number of hydrogen-bond donors (Lipinski definition) is 5. The molecule has 1 aliphatic heterocycles. The number of carboxylic acids is 1. The zero-order chi connectivity index (χ0) is 27.2. The Bertz CT molecular complexity index is 1380. The van der Waals surface area contributed by atoms with Crippen LogP contribution in [0.5, 0.6) is 0 Å². The van der Waals surface area contributed by atoms with Crippen molar-refractivity contribution >= 4 is 40.4 Å². The van der Waals surface area contributed by atoms with Crippen LogP contribution in [0.25, 0.3) is 11.3 Å². The highest BCUT2D eigenvalue weighted by molar-refractivity contribution is 6.37. The fourth-order valence-electron chi connectivity index (χ4n) is 4.28. The van der Waals surface area contributed by atoms with E-state index in [2.05, 4.69) is 16.0 Å². The van der Waals surface area contributed by atoms with Crippen LogP contribution in [0.4, 0.5) is 11.4 Å². The second-order valence-corrected chi connectivity index (χ2v) is 9.07. The summed E-state index contributed by atoms with van der Waals surface area (Å²) in [6.07, 6.45) is 0. The zero-order valence-corrected chi connectivity index (χ0v) is 21.2. The summed E-state index contributed by atoms with van der Waals surface area (Å²) in [5.41, 5.74) is 4.66. The molecular formula is C29H30N4O5. The van der Waals surface area contributed by atoms with Crippen LogP contribution >= 0.6 is 0 Å². The van der Waals surface area contributed by atoms with Gasteiger partial charge in [0.1, 0.15) is 0 Å². The third-order valence-electron chi connectivity index (χ3n) is 6.33. The molecule has 0 fully saturated rings. The van der Waals surface area contributed by atoms with Crippen molar-refractivity contribution in [3.8, 4) is 0 Å². The predicted molar refractivity (Wildman–Crippen MR) is 147 cm³/mol. The van der Waals surface area contributed by atoms with Crippen molar-refractivity contribution in [3.05, 3.63) is 94.5 Å². The lowest BCUT2D eigenvalue weighted by Crippen LogP contribution is -2.34. The van der Waals surface area contributed by atoms with E-state index < -0.39 is 5.97 Å². The van der Waals surface area contributed by atoms with Crippen molar-refractivity contribution in [2.75, 3.05) is 43.9 Å². The molecule has 0 saturated carbocycles. The molecule has 0 aromatic heterocycles. The molecule has 0 saturated heterocycles. The van der Waals surface area contributed by atoms with Crippen LogP contribution in [0.3, 0.4) is 0 Å². The van der Waals surface area contributed by atoms with Crippen molar-refractivity contribution in [2.45, 2.75) is 6.92 Å². The van der Waals surface area contributed by atoms with Crippen molar-refractivity contribution in [3.63, 3.8) is 0 Å². The first-order valence-corrected chi connectivity index (χ1v) is 12.2. The Labute approximate surface area is 220 Å². The van der Waals surface area contributed by atoms with Crippen LogP contribution in [-0.4, -0.2) is 66.2 Å². The maximum atomic E-state index is 13.1. The van der Waals surface area contributed by atoms with Crippen molar-refractivity contribution in [1.29, 1.82) is 0 Å². The third kappa shape index (κ3) is 5.91. The molecule has 0 radical (unpaired) electrons. The first kappa shape index (κ1) is 26.6. The number of carbonyl (C=O) groups excluding carboxylic acids is 2. The van der Waals surface area contributed by atoms with E-state index in [1.54, 1.807) is 37.3 Å². The summed E-state index contributed by atoms with van der Waals surface area (Å²) < 4.78 is 0. The second-order valence-electron chi connectivity index (χ2n) is 9.07. The van der Waals surface area contributed by atoms with Gasteiger partial charge in [-0.1, -0.05) is 30.3 Å². The Hall–Kier alpha value is -4.47. The molecule has 0 bridgehead atoms. The van der Waals surface area contributed by atoms with Crippen LogP contribution in [0, 0.1) is 6.92 Å². The van der Waals surface area contributed by atoms with Crippen LogP contribution in [0.2, 0.25) is 0 Å². The van der Waals surface area contributed by atoms with Gasteiger partial charge < -0.3 is 31.1 Å². The number of carboxylic acid groups (broad SMARTS) is 1. The molecule has 9 nitrogen and oxygen atoms in total. The van der Waals surface area contributed by atoms with E-state index in [0.29, 0.717) is 59.0 Å². The van der Waals surface area contributed by atoms with Gasteiger partial charge >= 0.3 is 5.97 Å². The van der Waals surface area contributed by atoms with Gasteiger partial charge in [-0.25, -0.2) is 4.79 Å². The highest BCUT2D eigenvalue weighted by atomic mass is 16.4. The number of anilines is 2. The van der Waals surface area contributed by atoms with Gasteiger partial charge in [-0.3, -0.25) is 9.59 Å². The molecule has 0 spiro atoms. The maximum absolute atomic E-state index is 13.1. The number of rotatable bonds is 10. The number of nitrogens with one attached hydrogen (secondary N) is 3. The van der Waals surface area contributed by atoms with Crippen LogP contribution in [0.15, 0.2) is 66.7 Å². The average Bonchev–Trinajstić information content (AvgIpc) is 3.21. The summed E-state index contributed by atoms with van der Waals surface area (Å²) in [5, 5.41) is 27.5. The number of likely N-dealkylation sites (N-methyl/N-ethyl adjacent to an activating group) is 1. The zero-order valence-electron chi connectivity index (χ0n) is 21.2. The molecule has 0 unspecified atom stereocenters. The first-order valence-electron chi connectivity index (χ1n) is 12.2. The quantitative estimate of drug-likeness (QED) is 0.263. The van der Waals surface area contributed by atoms with Crippen molar-refractivity contribution in [2.24, 2.45) is 0 Å². The Morgan fingerprint density at radius 1 is 0.974 bits per heavy atom. The Morgan fingerprint density at radius 3 is 2.34 bits per heavy atom. The number of aryl methyl sites for hydroxylation is 1. The maximum Gasteiger partial charge on any atom is 0.336 e. The van der Waals surface area contributed by atoms with E-state index in [1.165, 1.54) is 6.07 Å². The number of carbonyl (C=O) groups is 3. The van der Waals surface area contributed by atoms with Crippen molar-refractivity contribution < 1.29 is 24.6 Å². The standard InChI is InChI=1S/C29H30N4O5/c1-18-16-23-24(17-22(18)29(37)38)32-28(36)25(23)26(19-6-4-3-5-7-19)31-21-10-8-20(9-11-21)27(35)30-12-13-33(2)14-15-34/h3-11,16-17,31,34H,12-15H2,1-2H3,(H,30,35)(H,32,36)(H,37,38)/b26-25+. The number of aromatic carboxylic acids is 1. The lowest BCUT2D eigenvalue weighted by Gasteiger charge is -2.16. The normalized spacial score (nSPS) is 13.6. The molecule has 1 aliphatic rings. The van der Waals surface area contributed by atoms with Crippen LogP contribution in [0.1, 0.15) is 37.4 Å². The van der Waals surface area contributed by atoms with E-state index in [4.69, 9.17) is 5.11 Å². The lowest BCUT2D eigenvalue weighted by molar-refractivity contribution is -0.110. The summed E-state index contributed by atoms with van der Waals surface area (Å²) in [6, 6.07) is 19.5. The highest BCUT2D eigenvalue weighted by Crippen LogP contribution is 2.39. The lowest BCUT2D eigenvalue weighted by atomic mass is 9.96. The van der Waals surface area contributed by atoms with Crippen molar-refractivity contribution in [1.82, 2.24) is 10.2 Å². The molecule has 2 amide bonds. The topological polar surface area (TPSA) is 131 Å². The highest BCUT2D eigenvalue weighted by Gasteiger charge is 2.30. The number of aliphatic hydroxyl groups is 1. The minimum atomic E-state index is -1.06. The van der Waals surface area contributed by atoms with Crippen LogP contribution < -0.4 is 16.0 Å². The Morgan fingerprint density at radius 2 is 1.68 bits per heavy atom. The molecule has 5 N–H and O–H groups in total. The van der Waals surface area contributed by atoms with E-state index in [0.717, 1.165) is 5.56 Å². The van der Waals surface area contributed by atoms with E-state index in [9.17, 15) is 19.5 Å². The Balaban J connectivity index is 1.62. The second kappa shape index (κ2) is 11.7. The Kier molecular flexibility index (Phi) is 8.20. The number of hydrogen-bond acceptors (Lipinski definition) is 6. The van der Waals surface area contributed by atoms with Gasteiger partial charge in [0.2, 0.25) is 0 Å². The molecule has 4 rings (SSSR count). The third-order valence-corrected chi connectivity index (χ3v) is 6.33. The summed E-state index contributed by atoms with van der Waals surface area (Å²) in [5.74, 6) is -1.60. The van der Waals surface area contributed by atoms with E-state index >= 15 is 0 Å². The van der Waals surface area contributed by atoms with Gasteiger partial charge in [-0.05, 0) is 61.5 Å². The molecule has 38 heavy (non-hydrogen) atoms. The van der Waals surface area contributed by atoms with Crippen LogP contribution in [-0.2, 0) is 4.79 Å². The van der Waals surface area contributed by atoms with Gasteiger partial charge in [0.15, 0.2) is 0 Å². The summed E-state index contributed by atoms with van der Waals surface area (Å²) in [6.45, 7) is 3.39. The van der Waals surface area contributed by atoms with E-state index in [-0.39, 0.29) is 24.0 Å². The molecule has 0 atom stereocenters. The first-order chi connectivity index (χ1) is 18.3. The monoisotopic (exact) mass is 514 g/mol. The minimum Gasteiger partial charge on any atom is -0.478 e. The number of benzene rings is 3. The molecule has 1 heterocycles. The molecule has 3 aromatic carbocycles. The van der Waals surface area contributed by atoms with Gasteiger partial charge in [0.05, 0.1) is 29.1 Å². The fraction of sp³-hybridized carbons (Fsp3) is 0.207. The number of aliphatic hydroxyl groups excluding tert-OH is 1. The van der Waals surface area contributed by atoms with E-state index in [1.807, 2.05) is 42.3 Å². The summed E-state index contributed by atoms with van der Waals surface area (Å²) >= 11 is 0. The van der Waals surface area contributed by atoms with Gasteiger partial charge in [0, 0.05) is 36.4 Å². The summed E-state index contributed by atoms with van der Waals surface area (Å²) in [4.78, 5) is 39.2. The fourth-order valence-corrected chi connectivity index (χ4v) is 4.28. The number of amides is 2.